The first-order valence-corrected chi connectivity index (χ1v) is 6.29. The highest BCUT2D eigenvalue weighted by atomic mass is 35.5. The van der Waals surface area contributed by atoms with E-state index in [9.17, 15) is 9.18 Å². The molecule has 0 bridgehead atoms. The normalized spacial score (nSPS) is 19.8. The van der Waals surface area contributed by atoms with Gasteiger partial charge in [0.05, 0.1) is 13.2 Å². The van der Waals surface area contributed by atoms with Crippen molar-refractivity contribution in [3.63, 3.8) is 0 Å². The number of carbonyl (C=O) groups excluding carboxylic acids is 1. The lowest BCUT2D eigenvalue weighted by atomic mass is 10.0. The van der Waals surface area contributed by atoms with E-state index in [4.69, 9.17) is 16.3 Å². The van der Waals surface area contributed by atoms with Crippen LogP contribution in [0, 0.1) is 5.82 Å². The molecular formula is C13H15ClFNO2. The Kier molecular flexibility index (Phi) is 4.69. The molecule has 1 aromatic rings. The predicted octanol–water partition coefficient (Wildman–Crippen LogP) is 1.97. The molecule has 1 saturated heterocycles. The Morgan fingerprint density at radius 1 is 1.56 bits per heavy atom. The molecule has 1 heterocycles. The van der Waals surface area contributed by atoms with Gasteiger partial charge in [0.2, 0.25) is 0 Å². The quantitative estimate of drug-likeness (QED) is 0.910. The third-order valence-corrected chi connectivity index (χ3v) is 3.10. The molecule has 98 valence electrons. The maximum Gasteiger partial charge on any atom is 0.139 e. The zero-order valence-corrected chi connectivity index (χ0v) is 10.7. The largest absolute Gasteiger partial charge is 0.379 e. The Labute approximate surface area is 110 Å². The summed E-state index contributed by atoms with van der Waals surface area (Å²) in [6, 6.07) is 4.29. The molecule has 1 aliphatic heterocycles. The molecule has 1 aliphatic rings. The number of ether oxygens (including phenoxy) is 1. The summed E-state index contributed by atoms with van der Waals surface area (Å²) in [7, 11) is 0. The fourth-order valence-electron chi connectivity index (χ4n) is 1.99. The Balaban J connectivity index is 1.92. The molecule has 18 heavy (non-hydrogen) atoms. The molecule has 5 heteroatoms. The second-order valence-electron chi connectivity index (χ2n) is 4.38. The lowest BCUT2D eigenvalue weighted by molar-refractivity contribution is -0.119. The molecule has 1 fully saturated rings. The highest BCUT2D eigenvalue weighted by molar-refractivity contribution is 6.30. The van der Waals surface area contributed by atoms with Gasteiger partial charge in [-0.3, -0.25) is 4.79 Å². The van der Waals surface area contributed by atoms with Crippen molar-refractivity contribution >= 4 is 17.4 Å². The van der Waals surface area contributed by atoms with Crippen LogP contribution in [0.2, 0.25) is 5.02 Å². The van der Waals surface area contributed by atoms with Crippen LogP contribution in [-0.2, 0) is 16.0 Å². The van der Waals surface area contributed by atoms with E-state index in [0.717, 1.165) is 6.54 Å². The minimum Gasteiger partial charge on any atom is -0.379 e. The van der Waals surface area contributed by atoms with Gasteiger partial charge in [0, 0.05) is 30.5 Å². The van der Waals surface area contributed by atoms with E-state index in [1.54, 1.807) is 0 Å². The van der Waals surface area contributed by atoms with E-state index in [-0.39, 0.29) is 24.1 Å². The summed E-state index contributed by atoms with van der Waals surface area (Å²) in [4.78, 5) is 11.8. The van der Waals surface area contributed by atoms with E-state index >= 15 is 0 Å². The van der Waals surface area contributed by atoms with Crippen LogP contribution < -0.4 is 5.32 Å². The molecule has 3 nitrogen and oxygen atoms in total. The van der Waals surface area contributed by atoms with Crippen molar-refractivity contribution in [3.8, 4) is 0 Å². The molecule has 1 N–H and O–H groups in total. The van der Waals surface area contributed by atoms with Crippen LogP contribution in [0.1, 0.15) is 12.0 Å². The van der Waals surface area contributed by atoms with Crippen molar-refractivity contribution in [1.82, 2.24) is 5.32 Å². The predicted molar refractivity (Wildman–Crippen MR) is 67.3 cm³/mol. The van der Waals surface area contributed by atoms with Crippen LogP contribution in [0.25, 0.3) is 0 Å². The summed E-state index contributed by atoms with van der Waals surface area (Å²) in [6.45, 7) is 1.96. The molecule has 1 aromatic carbocycles. The number of hydrogen-bond donors (Lipinski definition) is 1. The van der Waals surface area contributed by atoms with Gasteiger partial charge in [0.15, 0.2) is 0 Å². The number of hydrogen-bond acceptors (Lipinski definition) is 3. The first-order chi connectivity index (χ1) is 8.65. The summed E-state index contributed by atoms with van der Waals surface area (Å²) in [5.41, 5.74) is 0.351. The Morgan fingerprint density at radius 3 is 3.11 bits per heavy atom. The van der Waals surface area contributed by atoms with E-state index in [0.29, 0.717) is 30.2 Å². The molecule has 1 unspecified atom stereocenters. The van der Waals surface area contributed by atoms with Gasteiger partial charge in [0.25, 0.3) is 0 Å². The molecule has 0 radical (unpaired) electrons. The van der Waals surface area contributed by atoms with E-state index in [2.05, 4.69) is 5.32 Å². The standard InChI is InChI=1S/C13H15ClFNO2/c14-10-1-2-13(15)9(5-10)6-12(17)7-11-8-18-4-3-16-11/h1-2,5,11,16H,3-4,6-8H2. The molecule has 0 aromatic heterocycles. The van der Waals surface area contributed by atoms with Gasteiger partial charge < -0.3 is 10.1 Å². The highest BCUT2D eigenvalue weighted by Crippen LogP contribution is 2.16. The van der Waals surface area contributed by atoms with Gasteiger partial charge in [-0.1, -0.05) is 11.6 Å². The summed E-state index contributed by atoms with van der Waals surface area (Å²) in [6.07, 6.45) is 0.427. The molecule has 0 amide bonds. The number of benzene rings is 1. The molecular weight excluding hydrogens is 257 g/mol. The minimum absolute atomic E-state index is 0.0147. The van der Waals surface area contributed by atoms with Crippen LogP contribution in [0.3, 0.4) is 0 Å². The summed E-state index contributed by atoms with van der Waals surface area (Å²) in [5, 5.41) is 3.64. The number of halogens is 2. The molecule has 2 rings (SSSR count). The van der Waals surface area contributed by atoms with Gasteiger partial charge in [-0.25, -0.2) is 4.39 Å². The second kappa shape index (κ2) is 6.27. The molecule has 0 spiro atoms. The SMILES string of the molecule is O=C(Cc1cc(Cl)ccc1F)CC1COCCN1. The van der Waals surface area contributed by atoms with Crippen molar-refractivity contribution < 1.29 is 13.9 Å². The fraction of sp³-hybridized carbons (Fsp3) is 0.462. The Bertz CT molecular complexity index is 433. The maximum atomic E-state index is 13.5. The third kappa shape index (κ3) is 3.77. The third-order valence-electron chi connectivity index (χ3n) is 2.87. The first kappa shape index (κ1) is 13.5. The number of morpholine rings is 1. The number of carbonyl (C=O) groups is 1. The minimum atomic E-state index is -0.388. The van der Waals surface area contributed by atoms with Crippen molar-refractivity contribution in [2.75, 3.05) is 19.8 Å². The van der Waals surface area contributed by atoms with Gasteiger partial charge in [0.1, 0.15) is 11.6 Å². The lowest BCUT2D eigenvalue weighted by Gasteiger charge is -2.23. The molecule has 0 saturated carbocycles. The Morgan fingerprint density at radius 2 is 2.39 bits per heavy atom. The lowest BCUT2D eigenvalue weighted by Crippen LogP contribution is -2.42. The van der Waals surface area contributed by atoms with Crippen LogP contribution in [0.5, 0.6) is 0 Å². The smallest absolute Gasteiger partial charge is 0.139 e. The number of ketones is 1. The zero-order valence-electron chi connectivity index (χ0n) is 9.92. The number of nitrogens with one attached hydrogen (secondary N) is 1. The molecule has 0 aliphatic carbocycles. The second-order valence-corrected chi connectivity index (χ2v) is 4.82. The van der Waals surface area contributed by atoms with Gasteiger partial charge in [-0.15, -0.1) is 0 Å². The van der Waals surface area contributed by atoms with Crippen LogP contribution in [0.15, 0.2) is 18.2 Å². The van der Waals surface area contributed by atoms with Crippen molar-refractivity contribution in [2.24, 2.45) is 0 Å². The average Bonchev–Trinajstić information content (AvgIpc) is 2.35. The zero-order chi connectivity index (χ0) is 13.0. The summed E-state index contributed by atoms with van der Waals surface area (Å²) < 4.78 is 18.7. The summed E-state index contributed by atoms with van der Waals surface area (Å²) >= 11 is 5.78. The van der Waals surface area contributed by atoms with Gasteiger partial charge >= 0.3 is 0 Å². The van der Waals surface area contributed by atoms with Crippen molar-refractivity contribution in [3.05, 3.63) is 34.6 Å². The van der Waals surface area contributed by atoms with Crippen LogP contribution in [0.4, 0.5) is 4.39 Å². The van der Waals surface area contributed by atoms with E-state index < -0.39 is 0 Å². The molecule has 1 atom stereocenters. The van der Waals surface area contributed by atoms with Crippen LogP contribution in [-0.4, -0.2) is 31.6 Å². The van der Waals surface area contributed by atoms with Crippen molar-refractivity contribution in [1.29, 1.82) is 0 Å². The average molecular weight is 272 g/mol. The van der Waals surface area contributed by atoms with E-state index in [1.807, 2.05) is 0 Å². The van der Waals surface area contributed by atoms with E-state index in [1.165, 1.54) is 18.2 Å². The monoisotopic (exact) mass is 271 g/mol. The summed E-state index contributed by atoms with van der Waals surface area (Å²) in [5.74, 6) is -0.403. The number of rotatable bonds is 4. The fourth-order valence-corrected chi connectivity index (χ4v) is 2.18. The van der Waals surface area contributed by atoms with Crippen molar-refractivity contribution in [2.45, 2.75) is 18.9 Å². The Hall–Kier alpha value is -0.970. The number of Topliss-reactive ketones (excluding diaryl/α,β-unsaturated/α-hetero) is 1. The maximum absolute atomic E-state index is 13.5. The first-order valence-electron chi connectivity index (χ1n) is 5.92. The topological polar surface area (TPSA) is 38.3 Å². The van der Waals surface area contributed by atoms with Crippen LogP contribution >= 0.6 is 11.6 Å². The van der Waals surface area contributed by atoms with Gasteiger partial charge in [-0.05, 0) is 23.8 Å². The van der Waals surface area contributed by atoms with Gasteiger partial charge in [-0.2, -0.15) is 0 Å². The highest BCUT2D eigenvalue weighted by Gasteiger charge is 2.18.